The molecule has 0 spiro atoms. The monoisotopic (exact) mass is 245 g/mol. The van der Waals surface area contributed by atoms with Crippen LogP contribution in [0.15, 0.2) is 29.1 Å². The molecule has 0 bridgehead atoms. The zero-order chi connectivity index (χ0) is 13.1. The number of para-hydroxylation sites is 1. The van der Waals surface area contributed by atoms with Crippen LogP contribution in [0.25, 0.3) is 10.9 Å². The Hall–Kier alpha value is -1.77. The summed E-state index contributed by atoms with van der Waals surface area (Å²) in [7, 11) is 0. The number of rotatable bonds is 4. The van der Waals surface area contributed by atoms with E-state index in [-0.39, 0.29) is 5.43 Å². The normalized spacial score (nSPS) is 11.1. The lowest BCUT2D eigenvalue weighted by molar-refractivity contribution is 0.343. The van der Waals surface area contributed by atoms with Gasteiger partial charge >= 0.3 is 0 Å². The maximum Gasteiger partial charge on any atom is 0.189 e. The van der Waals surface area contributed by atoms with Crippen LogP contribution in [-0.4, -0.2) is 11.6 Å². The van der Waals surface area contributed by atoms with E-state index < -0.39 is 0 Å². The molecule has 1 heterocycles. The highest BCUT2D eigenvalue weighted by molar-refractivity contribution is 5.84. The van der Waals surface area contributed by atoms with Crippen molar-refractivity contribution in [3.8, 4) is 5.75 Å². The summed E-state index contributed by atoms with van der Waals surface area (Å²) in [5, 5.41) is 0.688. The second-order valence-corrected chi connectivity index (χ2v) is 4.87. The molecular formula is C15H19NO2. The van der Waals surface area contributed by atoms with Gasteiger partial charge in [-0.3, -0.25) is 4.79 Å². The Labute approximate surface area is 107 Å². The van der Waals surface area contributed by atoms with Crippen molar-refractivity contribution in [1.29, 1.82) is 0 Å². The topological polar surface area (TPSA) is 42.1 Å². The number of hydrogen-bond acceptors (Lipinski definition) is 2. The van der Waals surface area contributed by atoms with Crippen molar-refractivity contribution < 1.29 is 4.74 Å². The maximum absolute atomic E-state index is 12.1. The highest BCUT2D eigenvalue weighted by Gasteiger charge is 2.08. The van der Waals surface area contributed by atoms with Gasteiger partial charge in [0.15, 0.2) is 5.43 Å². The van der Waals surface area contributed by atoms with Crippen LogP contribution in [0.3, 0.4) is 0 Å². The highest BCUT2D eigenvalue weighted by atomic mass is 16.5. The molecule has 18 heavy (non-hydrogen) atoms. The largest absolute Gasteiger partial charge is 0.492 e. The maximum atomic E-state index is 12.1. The molecule has 0 aliphatic heterocycles. The fraction of sp³-hybridized carbons (Fsp3) is 0.400. The average molecular weight is 245 g/mol. The van der Waals surface area contributed by atoms with Gasteiger partial charge in [0.25, 0.3) is 0 Å². The molecule has 3 nitrogen and oxygen atoms in total. The molecule has 0 aliphatic carbocycles. The molecule has 2 rings (SSSR count). The lowest BCUT2D eigenvalue weighted by Crippen LogP contribution is -2.08. The predicted octanol–water partition coefficient (Wildman–Crippen LogP) is 3.13. The van der Waals surface area contributed by atoms with Crippen LogP contribution in [-0.2, 0) is 6.42 Å². The van der Waals surface area contributed by atoms with Gasteiger partial charge in [-0.2, -0.15) is 0 Å². The molecule has 0 amide bonds. The van der Waals surface area contributed by atoms with Crippen molar-refractivity contribution in [1.82, 2.24) is 4.98 Å². The first-order chi connectivity index (χ1) is 8.61. The van der Waals surface area contributed by atoms with Gasteiger partial charge in [-0.15, -0.1) is 0 Å². The van der Waals surface area contributed by atoms with Gasteiger partial charge in [0.05, 0.1) is 12.1 Å². The van der Waals surface area contributed by atoms with E-state index in [1.807, 2.05) is 25.1 Å². The first-order valence-corrected chi connectivity index (χ1v) is 6.39. The number of fused-ring (bicyclic) bond motifs is 1. The molecule has 0 fully saturated rings. The zero-order valence-corrected chi connectivity index (χ0v) is 11.1. The smallest absolute Gasteiger partial charge is 0.189 e. The van der Waals surface area contributed by atoms with Crippen molar-refractivity contribution in [2.75, 3.05) is 6.61 Å². The third kappa shape index (κ3) is 2.55. The van der Waals surface area contributed by atoms with Gasteiger partial charge in [-0.25, -0.2) is 0 Å². The Balaban J connectivity index is 2.60. The second kappa shape index (κ2) is 5.25. The summed E-state index contributed by atoms with van der Waals surface area (Å²) < 4.78 is 5.56. The highest BCUT2D eigenvalue weighted by Crippen LogP contribution is 2.22. The summed E-state index contributed by atoms with van der Waals surface area (Å²) in [6, 6.07) is 7.26. The van der Waals surface area contributed by atoms with Gasteiger partial charge < -0.3 is 9.72 Å². The average Bonchev–Trinajstić information content (AvgIpc) is 2.30. The Bertz CT molecular complexity index is 599. The number of H-pyrrole nitrogens is 1. The number of hydrogen-bond donors (Lipinski definition) is 1. The summed E-state index contributed by atoms with van der Waals surface area (Å²) in [4.78, 5) is 15.4. The zero-order valence-electron chi connectivity index (χ0n) is 11.1. The number of aromatic amines is 1. The molecule has 0 saturated heterocycles. The van der Waals surface area contributed by atoms with Gasteiger partial charge in [-0.05, 0) is 31.4 Å². The Morgan fingerprint density at radius 3 is 2.78 bits per heavy atom. The quantitative estimate of drug-likeness (QED) is 0.899. The minimum atomic E-state index is 0.0564. The van der Waals surface area contributed by atoms with E-state index in [2.05, 4.69) is 18.8 Å². The molecule has 3 heteroatoms. The number of nitrogens with one attached hydrogen (secondary N) is 1. The summed E-state index contributed by atoms with van der Waals surface area (Å²) in [5.74, 6) is 1.26. The molecule has 0 unspecified atom stereocenters. The number of aromatic nitrogens is 1. The van der Waals surface area contributed by atoms with Gasteiger partial charge in [0, 0.05) is 17.1 Å². The van der Waals surface area contributed by atoms with Crippen molar-refractivity contribution in [2.45, 2.75) is 27.2 Å². The van der Waals surface area contributed by atoms with E-state index in [1.54, 1.807) is 6.07 Å². The Morgan fingerprint density at radius 1 is 1.33 bits per heavy atom. The van der Waals surface area contributed by atoms with Crippen molar-refractivity contribution >= 4 is 10.9 Å². The molecule has 1 aromatic carbocycles. The molecular weight excluding hydrogens is 226 g/mol. The third-order valence-electron chi connectivity index (χ3n) is 2.81. The summed E-state index contributed by atoms with van der Waals surface area (Å²) in [5.41, 5.74) is 1.83. The molecule has 2 aromatic rings. The summed E-state index contributed by atoms with van der Waals surface area (Å²) in [6.45, 7) is 6.80. The van der Waals surface area contributed by atoms with Crippen molar-refractivity contribution in [3.05, 3.63) is 40.2 Å². The van der Waals surface area contributed by atoms with Crippen molar-refractivity contribution in [3.63, 3.8) is 0 Å². The number of pyridine rings is 1. The molecule has 0 radical (unpaired) electrons. The van der Waals surface area contributed by atoms with E-state index in [0.717, 1.165) is 23.4 Å². The van der Waals surface area contributed by atoms with E-state index in [0.29, 0.717) is 17.9 Å². The molecule has 96 valence electrons. The second-order valence-electron chi connectivity index (χ2n) is 4.87. The van der Waals surface area contributed by atoms with Gasteiger partial charge in [0.1, 0.15) is 5.75 Å². The van der Waals surface area contributed by atoms with E-state index >= 15 is 0 Å². The molecule has 1 aromatic heterocycles. The van der Waals surface area contributed by atoms with Crippen LogP contribution in [0.2, 0.25) is 0 Å². The van der Waals surface area contributed by atoms with E-state index in [9.17, 15) is 4.79 Å². The van der Waals surface area contributed by atoms with E-state index in [4.69, 9.17) is 4.74 Å². The van der Waals surface area contributed by atoms with Gasteiger partial charge in [-0.1, -0.05) is 19.9 Å². The molecule has 0 atom stereocenters. The molecule has 0 aliphatic rings. The van der Waals surface area contributed by atoms with Crippen LogP contribution in [0, 0.1) is 5.92 Å². The molecule has 0 saturated carbocycles. The van der Waals surface area contributed by atoms with Gasteiger partial charge in [0.2, 0.25) is 0 Å². The Kier molecular flexibility index (Phi) is 3.70. The van der Waals surface area contributed by atoms with Crippen LogP contribution in [0.5, 0.6) is 5.75 Å². The summed E-state index contributed by atoms with van der Waals surface area (Å²) >= 11 is 0. The first-order valence-electron chi connectivity index (χ1n) is 6.39. The van der Waals surface area contributed by atoms with Crippen LogP contribution in [0.1, 0.15) is 26.5 Å². The third-order valence-corrected chi connectivity index (χ3v) is 2.81. The minimum Gasteiger partial charge on any atom is -0.492 e. The fourth-order valence-electron chi connectivity index (χ4n) is 2.12. The minimum absolute atomic E-state index is 0.0564. The predicted molar refractivity (Wildman–Crippen MR) is 74.3 cm³/mol. The van der Waals surface area contributed by atoms with Crippen molar-refractivity contribution in [2.24, 2.45) is 5.92 Å². The van der Waals surface area contributed by atoms with E-state index in [1.165, 1.54) is 0 Å². The first kappa shape index (κ1) is 12.7. The number of ether oxygens (including phenoxy) is 1. The fourth-order valence-corrected chi connectivity index (χ4v) is 2.12. The van der Waals surface area contributed by atoms with Crippen LogP contribution < -0.4 is 10.2 Å². The molecule has 1 N–H and O–H groups in total. The lowest BCUT2D eigenvalue weighted by atomic mass is 10.1. The Morgan fingerprint density at radius 2 is 2.11 bits per heavy atom. The number of benzene rings is 1. The van der Waals surface area contributed by atoms with Crippen LogP contribution >= 0.6 is 0 Å². The summed E-state index contributed by atoms with van der Waals surface area (Å²) in [6.07, 6.45) is 0.867. The standard InChI is InChI=1S/C15H19NO2/c1-4-18-14-7-5-6-12-13(17)9-11(8-10(2)3)16-15(12)14/h5-7,9-10H,4,8H2,1-3H3,(H,16,17). The van der Waals surface area contributed by atoms with Crippen LogP contribution in [0.4, 0.5) is 0 Å². The SMILES string of the molecule is CCOc1cccc2c(=O)cc(CC(C)C)[nH]c12. The lowest BCUT2D eigenvalue weighted by Gasteiger charge is -2.10.